The van der Waals surface area contributed by atoms with Crippen LogP contribution in [0.1, 0.15) is 12.0 Å². The van der Waals surface area contributed by atoms with Crippen LogP contribution in [0.5, 0.6) is 0 Å². The highest BCUT2D eigenvalue weighted by Crippen LogP contribution is 2.11. The molecule has 2 aromatic carbocycles. The molecule has 2 rings (SSSR count). The highest BCUT2D eigenvalue weighted by molar-refractivity contribution is 7.85. The Kier molecular flexibility index (Phi) is 7.60. The molecule has 0 spiro atoms. The van der Waals surface area contributed by atoms with Gasteiger partial charge < -0.3 is 10.1 Å². The van der Waals surface area contributed by atoms with Gasteiger partial charge in [-0.3, -0.25) is 9.00 Å². The van der Waals surface area contributed by atoms with Crippen molar-refractivity contribution in [1.82, 2.24) is 5.32 Å². The quantitative estimate of drug-likeness (QED) is 0.697. The van der Waals surface area contributed by atoms with E-state index in [9.17, 15) is 22.6 Å². The summed E-state index contributed by atoms with van der Waals surface area (Å²) in [4.78, 5) is 24.7. The number of ether oxygens (including phenoxy) is 1. The van der Waals surface area contributed by atoms with Crippen LogP contribution in [0.2, 0.25) is 0 Å². The second kappa shape index (κ2) is 9.91. The third kappa shape index (κ3) is 6.25. The highest BCUT2D eigenvalue weighted by Gasteiger charge is 2.22. The van der Waals surface area contributed by atoms with E-state index in [0.29, 0.717) is 4.90 Å². The summed E-state index contributed by atoms with van der Waals surface area (Å²) >= 11 is 0. The van der Waals surface area contributed by atoms with Crippen LogP contribution >= 0.6 is 0 Å². The maximum absolute atomic E-state index is 13.2. The van der Waals surface area contributed by atoms with E-state index in [2.05, 4.69) is 10.1 Å². The minimum absolute atomic E-state index is 0.109. The van der Waals surface area contributed by atoms with Crippen LogP contribution in [0.25, 0.3) is 0 Å². The summed E-state index contributed by atoms with van der Waals surface area (Å²) < 4.78 is 43.1. The van der Waals surface area contributed by atoms with Gasteiger partial charge in [-0.2, -0.15) is 0 Å². The summed E-state index contributed by atoms with van der Waals surface area (Å²) in [5.74, 6) is -3.13. The van der Waals surface area contributed by atoms with Crippen molar-refractivity contribution in [3.05, 3.63) is 65.7 Å². The molecule has 2 atom stereocenters. The summed E-state index contributed by atoms with van der Waals surface area (Å²) in [6, 6.07) is 10.9. The van der Waals surface area contributed by atoms with Crippen LogP contribution in [0.3, 0.4) is 0 Å². The molecule has 0 unspecified atom stereocenters. The molecule has 5 nitrogen and oxygen atoms in total. The van der Waals surface area contributed by atoms with Gasteiger partial charge in [0.1, 0.15) is 6.04 Å². The van der Waals surface area contributed by atoms with Crippen molar-refractivity contribution in [1.29, 1.82) is 0 Å². The molecule has 1 N–H and O–H groups in total. The maximum Gasteiger partial charge on any atom is 0.328 e. The molecule has 2 aromatic rings. The first kappa shape index (κ1) is 20.7. The Labute approximate surface area is 158 Å². The Morgan fingerprint density at radius 1 is 1.11 bits per heavy atom. The van der Waals surface area contributed by atoms with E-state index < -0.39 is 40.4 Å². The molecule has 8 heteroatoms. The predicted octanol–water partition coefficient (Wildman–Crippen LogP) is 2.36. The van der Waals surface area contributed by atoms with E-state index in [0.717, 1.165) is 12.1 Å². The molecule has 0 saturated heterocycles. The summed E-state index contributed by atoms with van der Waals surface area (Å²) in [5, 5.41) is 2.49. The van der Waals surface area contributed by atoms with Crippen LogP contribution < -0.4 is 5.32 Å². The minimum atomic E-state index is -1.33. The fraction of sp³-hybridized carbons (Fsp3) is 0.263. The van der Waals surface area contributed by atoms with E-state index in [1.165, 1.54) is 13.2 Å². The number of amides is 1. The molecule has 0 heterocycles. The van der Waals surface area contributed by atoms with E-state index in [4.69, 9.17) is 0 Å². The van der Waals surface area contributed by atoms with Crippen LogP contribution in [0, 0.1) is 11.6 Å². The second-order valence-electron chi connectivity index (χ2n) is 5.72. The van der Waals surface area contributed by atoms with Gasteiger partial charge in [0.05, 0.1) is 24.3 Å². The number of carbonyl (C=O) groups excluding carboxylic acids is 2. The zero-order valence-electron chi connectivity index (χ0n) is 14.6. The molecule has 0 saturated carbocycles. The first-order valence-corrected chi connectivity index (χ1v) is 9.47. The Morgan fingerprint density at radius 2 is 1.81 bits per heavy atom. The molecular formula is C19H19F2NO4S. The molecule has 144 valence electrons. The molecule has 0 fully saturated rings. The van der Waals surface area contributed by atoms with Gasteiger partial charge in [0.2, 0.25) is 5.91 Å². The van der Waals surface area contributed by atoms with E-state index in [-0.39, 0.29) is 24.2 Å². The van der Waals surface area contributed by atoms with Crippen molar-refractivity contribution >= 4 is 22.7 Å². The number of halogens is 2. The number of benzene rings is 2. The van der Waals surface area contributed by atoms with Crippen molar-refractivity contribution in [2.24, 2.45) is 0 Å². The lowest BCUT2D eigenvalue weighted by molar-refractivity contribution is -0.145. The Bertz CT molecular complexity index is 830. The molecule has 0 aliphatic carbocycles. The lowest BCUT2D eigenvalue weighted by Crippen LogP contribution is -2.43. The van der Waals surface area contributed by atoms with Gasteiger partial charge in [-0.25, -0.2) is 13.6 Å². The van der Waals surface area contributed by atoms with Crippen LogP contribution in [-0.4, -0.2) is 35.0 Å². The lowest BCUT2D eigenvalue weighted by Gasteiger charge is -2.16. The molecule has 27 heavy (non-hydrogen) atoms. The van der Waals surface area contributed by atoms with E-state index in [1.54, 1.807) is 30.3 Å². The monoisotopic (exact) mass is 395 g/mol. The zero-order chi connectivity index (χ0) is 19.8. The molecule has 0 bridgehead atoms. The van der Waals surface area contributed by atoms with E-state index in [1.807, 2.05) is 0 Å². The fourth-order valence-corrected chi connectivity index (χ4v) is 3.53. The van der Waals surface area contributed by atoms with Gasteiger partial charge >= 0.3 is 5.97 Å². The second-order valence-corrected chi connectivity index (χ2v) is 7.29. The van der Waals surface area contributed by atoms with Gasteiger partial charge in [0.25, 0.3) is 0 Å². The third-order valence-corrected chi connectivity index (χ3v) is 5.17. The van der Waals surface area contributed by atoms with Gasteiger partial charge in [0, 0.05) is 10.6 Å². The maximum atomic E-state index is 13.2. The first-order chi connectivity index (χ1) is 12.9. The summed E-state index contributed by atoms with van der Waals surface area (Å²) in [5.41, 5.74) is 0.267. The van der Waals surface area contributed by atoms with Crippen molar-refractivity contribution in [2.75, 3.05) is 12.9 Å². The first-order valence-electron chi connectivity index (χ1n) is 8.15. The SMILES string of the molecule is COC(=O)[C@@H](CC[S@@](=O)c1ccccc1)NC(=O)Cc1ccc(F)c(F)c1. The van der Waals surface area contributed by atoms with Crippen molar-refractivity contribution in [3.63, 3.8) is 0 Å². The molecular weight excluding hydrogens is 376 g/mol. The summed E-state index contributed by atoms with van der Waals surface area (Å²) in [7, 11) is -0.146. The number of carbonyl (C=O) groups is 2. The van der Waals surface area contributed by atoms with E-state index >= 15 is 0 Å². The molecule has 0 aromatic heterocycles. The number of rotatable bonds is 8. The Morgan fingerprint density at radius 3 is 2.44 bits per heavy atom. The number of hydrogen-bond acceptors (Lipinski definition) is 4. The number of nitrogens with one attached hydrogen (secondary N) is 1. The number of methoxy groups -OCH3 is 1. The average Bonchev–Trinajstić information content (AvgIpc) is 2.67. The third-order valence-electron chi connectivity index (χ3n) is 3.77. The Balaban J connectivity index is 1.96. The van der Waals surface area contributed by atoms with Crippen LogP contribution in [0.4, 0.5) is 8.78 Å². The predicted molar refractivity (Wildman–Crippen MR) is 96.3 cm³/mol. The number of hydrogen-bond donors (Lipinski definition) is 1. The van der Waals surface area contributed by atoms with Crippen molar-refractivity contribution < 1.29 is 27.3 Å². The average molecular weight is 395 g/mol. The van der Waals surface area contributed by atoms with Gasteiger partial charge in [-0.15, -0.1) is 0 Å². The number of esters is 1. The lowest BCUT2D eigenvalue weighted by atomic mass is 10.1. The normalized spacial score (nSPS) is 12.9. The zero-order valence-corrected chi connectivity index (χ0v) is 15.4. The largest absolute Gasteiger partial charge is 0.467 e. The summed E-state index contributed by atoms with van der Waals surface area (Å²) in [6.45, 7) is 0. The Hall–Kier alpha value is -2.61. The van der Waals surface area contributed by atoms with Gasteiger partial charge in [-0.1, -0.05) is 24.3 Å². The highest BCUT2D eigenvalue weighted by atomic mass is 32.2. The fourth-order valence-electron chi connectivity index (χ4n) is 2.39. The van der Waals surface area contributed by atoms with Crippen molar-refractivity contribution in [2.45, 2.75) is 23.8 Å². The van der Waals surface area contributed by atoms with Crippen LogP contribution in [0.15, 0.2) is 53.4 Å². The topological polar surface area (TPSA) is 72.5 Å². The molecule has 0 aliphatic heterocycles. The molecule has 0 aliphatic rings. The van der Waals surface area contributed by atoms with Crippen molar-refractivity contribution in [3.8, 4) is 0 Å². The summed E-state index contributed by atoms with van der Waals surface area (Å²) in [6.07, 6.45) is -0.121. The van der Waals surface area contributed by atoms with Crippen LogP contribution in [-0.2, 0) is 31.5 Å². The van der Waals surface area contributed by atoms with Gasteiger partial charge in [-0.05, 0) is 36.2 Å². The molecule has 1 amide bonds. The molecule has 0 radical (unpaired) electrons. The minimum Gasteiger partial charge on any atom is -0.467 e. The smallest absolute Gasteiger partial charge is 0.328 e. The standard InChI is InChI=1S/C19H19F2NO4S/c1-26-19(24)17(9-10-27(25)14-5-3-2-4-6-14)22-18(23)12-13-7-8-15(20)16(21)11-13/h2-8,11,17H,9-10,12H2,1H3,(H,22,23)/t17-,27-/m1/s1. The van der Waals surface area contributed by atoms with Gasteiger partial charge in [0.15, 0.2) is 11.6 Å².